The van der Waals surface area contributed by atoms with Crippen LogP contribution in [0.1, 0.15) is 22.3 Å². The van der Waals surface area contributed by atoms with Crippen molar-refractivity contribution in [3.05, 3.63) is 90.3 Å². The average molecular weight is 517 g/mol. The first-order valence-corrected chi connectivity index (χ1v) is 12.3. The number of ether oxygens (including phenoxy) is 3. The van der Waals surface area contributed by atoms with E-state index in [4.69, 9.17) is 14.2 Å². The maximum absolute atomic E-state index is 11.9. The van der Waals surface area contributed by atoms with Gasteiger partial charge in [0.05, 0.1) is 18.1 Å². The van der Waals surface area contributed by atoms with Gasteiger partial charge in [0, 0.05) is 13.1 Å². The van der Waals surface area contributed by atoms with Crippen LogP contribution in [0.3, 0.4) is 0 Å². The second-order valence-electron chi connectivity index (χ2n) is 8.92. The van der Waals surface area contributed by atoms with Crippen molar-refractivity contribution in [2.45, 2.75) is 25.0 Å². The number of hydrogen-bond acceptors (Lipinski definition) is 8. The van der Waals surface area contributed by atoms with Crippen LogP contribution in [-0.4, -0.2) is 63.1 Å². The molecule has 0 spiro atoms. The van der Waals surface area contributed by atoms with Gasteiger partial charge in [0.2, 0.25) is 0 Å². The molecule has 0 saturated carbocycles. The number of aliphatic hydroxyl groups excluding tert-OH is 1. The number of carboxylic acid groups (broad SMARTS) is 1. The minimum absolute atomic E-state index is 0.0227. The van der Waals surface area contributed by atoms with Crippen LogP contribution >= 0.6 is 0 Å². The Hall–Kier alpha value is -4.41. The van der Waals surface area contributed by atoms with Crippen LogP contribution in [0.4, 0.5) is 0 Å². The number of fused-ring (bicyclic) bond motifs is 1. The summed E-state index contributed by atoms with van der Waals surface area (Å²) >= 11 is 0. The van der Waals surface area contributed by atoms with E-state index in [1.54, 1.807) is 24.4 Å². The second kappa shape index (κ2) is 11.8. The molecule has 1 aliphatic heterocycles. The van der Waals surface area contributed by atoms with E-state index in [0.29, 0.717) is 24.5 Å². The predicted molar refractivity (Wildman–Crippen MR) is 138 cm³/mol. The topological polar surface area (TPSA) is 128 Å². The summed E-state index contributed by atoms with van der Waals surface area (Å²) in [6.07, 6.45) is 4.08. The van der Waals surface area contributed by atoms with Gasteiger partial charge in [-0.1, -0.05) is 23.4 Å². The highest BCUT2D eigenvalue weighted by Crippen LogP contribution is 2.34. The average Bonchev–Trinajstić information content (AvgIpc) is 3.48. The first kappa shape index (κ1) is 25.2. The molecule has 4 aromatic rings. The molecule has 1 aromatic heterocycles. The van der Waals surface area contributed by atoms with Gasteiger partial charge in [-0.05, 0) is 66.9 Å². The number of nitrogens with one attached hydrogen (secondary N) is 1. The second-order valence-corrected chi connectivity index (χ2v) is 8.92. The van der Waals surface area contributed by atoms with Gasteiger partial charge in [-0.3, -0.25) is 0 Å². The fraction of sp³-hybridized carbons (Fsp3) is 0.250. The molecule has 10 nitrogen and oxygen atoms in total. The van der Waals surface area contributed by atoms with E-state index < -0.39 is 12.1 Å². The molecule has 3 N–H and O–H groups in total. The van der Waals surface area contributed by atoms with Crippen LogP contribution in [0.2, 0.25) is 0 Å². The Morgan fingerprint density at radius 3 is 2.79 bits per heavy atom. The zero-order valence-corrected chi connectivity index (χ0v) is 20.6. The van der Waals surface area contributed by atoms with Crippen LogP contribution < -0.4 is 19.5 Å². The minimum atomic E-state index is -1.10. The number of nitrogens with zero attached hydrogens (tertiary/aromatic N) is 3. The molecule has 2 heterocycles. The highest BCUT2D eigenvalue weighted by molar-refractivity contribution is 5.91. The monoisotopic (exact) mass is 516 g/mol. The van der Waals surface area contributed by atoms with Crippen LogP contribution in [0.25, 0.3) is 5.69 Å². The summed E-state index contributed by atoms with van der Waals surface area (Å²) in [4.78, 5) is 11.9. The number of carboxylic acids is 1. The van der Waals surface area contributed by atoms with E-state index in [2.05, 4.69) is 15.6 Å². The molecule has 2 atom stereocenters. The molecular formula is C28H28N4O6. The van der Waals surface area contributed by atoms with Crippen molar-refractivity contribution in [1.29, 1.82) is 0 Å². The standard InChI is InChI=1S/C28H28N4O6/c33-21(18-36-22-4-2-1-3-5-22)16-29-17-24-8-6-19-14-23(9-11-26(19)38-24)37-27-10-7-20(15-25(27)28(34)35)32-13-12-30-31-32/h1-5,7,9-15,21,24,29,33H,6,8,16-18H2,(H,34,35). The number of aromatic carboxylic acids is 1. The van der Waals surface area contributed by atoms with Gasteiger partial charge >= 0.3 is 5.97 Å². The third-order valence-electron chi connectivity index (χ3n) is 6.11. The third kappa shape index (κ3) is 6.28. The first-order valence-electron chi connectivity index (χ1n) is 12.3. The number of rotatable bonds is 11. The van der Waals surface area contributed by atoms with Crippen molar-refractivity contribution < 1.29 is 29.2 Å². The molecule has 1 aliphatic rings. The van der Waals surface area contributed by atoms with Gasteiger partial charge in [-0.2, -0.15) is 0 Å². The van der Waals surface area contributed by atoms with E-state index in [9.17, 15) is 15.0 Å². The first-order chi connectivity index (χ1) is 18.5. The minimum Gasteiger partial charge on any atom is -0.491 e. The molecule has 0 bridgehead atoms. The normalized spacial score (nSPS) is 15.2. The molecule has 38 heavy (non-hydrogen) atoms. The maximum Gasteiger partial charge on any atom is 0.339 e. The summed E-state index contributed by atoms with van der Waals surface area (Å²) in [5.41, 5.74) is 1.59. The van der Waals surface area contributed by atoms with Crippen LogP contribution in [-0.2, 0) is 6.42 Å². The number of carbonyl (C=O) groups is 1. The number of aryl methyl sites for hydroxylation is 1. The highest BCUT2D eigenvalue weighted by atomic mass is 16.5. The zero-order valence-electron chi connectivity index (χ0n) is 20.6. The molecule has 0 amide bonds. The largest absolute Gasteiger partial charge is 0.491 e. The number of benzene rings is 3. The van der Waals surface area contributed by atoms with Crippen LogP contribution in [0.15, 0.2) is 79.1 Å². The summed E-state index contributed by atoms with van der Waals surface area (Å²) in [6, 6.07) is 19.7. The van der Waals surface area contributed by atoms with E-state index in [1.807, 2.05) is 42.5 Å². The quantitative estimate of drug-likeness (QED) is 0.274. The van der Waals surface area contributed by atoms with E-state index in [0.717, 1.165) is 29.9 Å². The zero-order chi connectivity index (χ0) is 26.3. The Labute approximate surface area is 219 Å². The molecule has 10 heteroatoms. The smallest absolute Gasteiger partial charge is 0.339 e. The molecule has 0 fully saturated rings. The van der Waals surface area contributed by atoms with Gasteiger partial charge in [0.25, 0.3) is 0 Å². The van der Waals surface area contributed by atoms with Crippen LogP contribution in [0.5, 0.6) is 23.0 Å². The fourth-order valence-corrected chi connectivity index (χ4v) is 4.20. The maximum atomic E-state index is 11.9. The van der Waals surface area contributed by atoms with Gasteiger partial charge in [-0.15, -0.1) is 5.10 Å². The Morgan fingerprint density at radius 1 is 1.13 bits per heavy atom. The summed E-state index contributed by atoms with van der Waals surface area (Å²) in [5, 5.41) is 30.8. The number of aromatic nitrogens is 3. The van der Waals surface area contributed by atoms with E-state index >= 15 is 0 Å². The van der Waals surface area contributed by atoms with Crippen LogP contribution in [0, 0.1) is 0 Å². The Kier molecular flexibility index (Phi) is 7.81. The van der Waals surface area contributed by atoms with Crippen molar-refractivity contribution in [1.82, 2.24) is 20.3 Å². The number of hydrogen-bond donors (Lipinski definition) is 3. The summed E-state index contributed by atoms with van der Waals surface area (Å²) in [6.45, 7) is 1.20. The van der Waals surface area contributed by atoms with Gasteiger partial charge in [0.1, 0.15) is 47.4 Å². The fourth-order valence-electron chi connectivity index (χ4n) is 4.20. The molecule has 0 saturated heterocycles. The molecule has 196 valence electrons. The molecule has 5 rings (SSSR count). The van der Waals surface area contributed by atoms with Gasteiger partial charge in [0.15, 0.2) is 0 Å². The predicted octanol–water partition coefficient (Wildman–Crippen LogP) is 3.48. The summed E-state index contributed by atoms with van der Waals surface area (Å²) < 4.78 is 19.1. The van der Waals surface area contributed by atoms with Crippen molar-refractivity contribution >= 4 is 5.97 Å². The van der Waals surface area contributed by atoms with E-state index in [-0.39, 0.29) is 24.0 Å². The highest BCUT2D eigenvalue weighted by Gasteiger charge is 2.21. The van der Waals surface area contributed by atoms with Crippen molar-refractivity contribution in [2.75, 3.05) is 19.7 Å². The molecule has 2 unspecified atom stereocenters. The number of para-hydroxylation sites is 1. The lowest BCUT2D eigenvalue weighted by Crippen LogP contribution is -2.39. The lowest BCUT2D eigenvalue weighted by molar-refractivity contribution is 0.0694. The third-order valence-corrected chi connectivity index (χ3v) is 6.11. The van der Waals surface area contributed by atoms with Gasteiger partial charge < -0.3 is 29.7 Å². The van der Waals surface area contributed by atoms with Crippen molar-refractivity contribution in [3.8, 4) is 28.7 Å². The molecule has 3 aromatic carbocycles. The summed E-state index contributed by atoms with van der Waals surface area (Å²) in [5.74, 6) is 1.15. The Bertz CT molecular complexity index is 1360. The van der Waals surface area contributed by atoms with Crippen molar-refractivity contribution in [3.63, 3.8) is 0 Å². The Balaban J connectivity index is 1.14. The van der Waals surface area contributed by atoms with Gasteiger partial charge in [-0.25, -0.2) is 9.48 Å². The lowest BCUT2D eigenvalue weighted by Gasteiger charge is -2.27. The Morgan fingerprint density at radius 2 is 2.00 bits per heavy atom. The SMILES string of the molecule is O=C(O)c1cc(-n2ccnn2)ccc1Oc1ccc2c(c1)CCC(CNCC(O)COc1ccccc1)O2. The molecule has 0 aliphatic carbocycles. The lowest BCUT2D eigenvalue weighted by atomic mass is 10.0. The van der Waals surface area contributed by atoms with Crippen molar-refractivity contribution in [2.24, 2.45) is 0 Å². The van der Waals surface area contributed by atoms with E-state index in [1.165, 1.54) is 16.9 Å². The molecular weight excluding hydrogens is 488 g/mol. The number of aliphatic hydroxyl groups is 1. The summed E-state index contributed by atoms with van der Waals surface area (Å²) in [7, 11) is 0. The molecule has 0 radical (unpaired) electrons.